The highest BCUT2D eigenvalue weighted by molar-refractivity contribution is 9.10. The molecule has 116 valence electrons. The van der Waals surface area contributed by atoms with Crippen LogP contribution in [0.2, 0.25) is 0 Å². The second-order valence-electron chi connectivity index (χ2n) is 4.90. The number of hydrogen-bond acceptors (Lipinski definition) is 3. The van der Waals surface area contributed by atoms with Crippen LogP contribution in [0.3, 0.4) is 0 Å². The number of nitro benzene ring substituents is 1. The van der Waals surface area contributed by atoms with Gasteiger partial charge in [-0.3, -0.25) is 14.9 Å². The number of halogens is 1. The molecule has 0 N–H and O–H groups in total. The van der Waals surface area contributed by atoms with E-state index in [1.54, 1.807) is 17.0 Å². The van der Waals surface area contributed by atoms with Crippen LogP contribution in [-0.4, -0.2) is 28.8 Å². The number of carbonyl (C=O) groups is 1. The second-order valence-corrected chi connectivity index (χ2v) is 5.69. The third-order valence-electron chi connectivity index (χ3n) is 3.26. The van der Waals surface area contributed by atoms with Gasteiger partial charge in [-0.05, 0) is 34.8 Å². The molecule has 1 rings (SSSR count). The Kier molecular flexibility index (Phi) is 7.36. The molecule has 0 atom stereocenters. The maximum absolute atomic E-state index is 12.6. The molecule has 0 saturated heterocycles. The summed E-state index contributed by atoms with van der Waals surface area (Å²) in [5.41, 5.74) is 0.281. The second kappa shape index (κ2) is 8.77. The minimum Gasteiger partial charge on any atom is -0.339 e. The molecule has 1 aromatic rings. The van der Waals surface area contributed by atoms with Crippen molar-refractivity contribution in [2.75, 3.05) is 13.1 Å². The Hall–Kier alpha value is -1.43. The Bertz CT molecular complexity index is 498. The quantitative estimate of drug-likeness (QED) is 0.512. The molecule has 0 aliphatic heterocycles. The highest BCUT2D eigenvalue weighted by Crippen LogP contribution is 2.29. The number of hydrogen-bond donors (Lipinski definition) is 0. The van der Waals surface area contributed by atoms with E-state index in [4.69, 9.17) is 0 Å². The molecule has 0 fully saturated rings. The molecular weight excluding hydrogens is 336 g/mol. The zero-order valence-electron chi connectivity index (χ0n) is 12.5. The first kappa shape index (κ1) is 17.6. The van der Waals surface area contributed by atoms with Crippen molar-refractivity contribution in [1.82, 2.24) is 4.90 Å². The Labute approximate surface area is 133 Å². The average Bonchev–Trinajstić information content (AvgIpc) is 2.46. The van der Waals surface area contributed by atoms with Gasteiger partial charge in [-0.1, -0.05) is 32.8 Å². The van der Waals surface area contributed by atoms with E-state index in [2.05, 4.69) is 29.8 Å². The molecule has 0 spiro atoms. The maximum Gasteiger partial charge on any atom is 0.284 e. The van der Waals surface area contributed by atoms with E-state index >= 15 is 0 Å². The first-order valence-corrected chi connectivity index (χ1v) is 8.04. The van der Waals surface area contributed by atoms with Gasteiger partial charge in [-0.2, -0.15) is 0 Å². The van der Waals surface area contributed by atoms with Crippen LogP contribution in [0, 0.1) is 10.1 Å². The number of benzene rings is 1. The molecule has 0 aromatic heterocycles. The molecule has 1 aromatic carbocycles. The topological polar surface area (TPSA) is 63.5 Å². The van der Waals surface area contributed by atoms with Gasteiger partial charge in [-0.25, -0.2) is 0 Å². The fraction of sp³-hybridized carbons (Fsp3) is 0.533. The van der Waals surface area contributed by atoms with Crippen molar-refractivity contribution in [2.24, 2.45) is 0 Å². The number of carbonyl (C=O) groups excluding carboxylic acids is 1. The SMILES string of the molecule is CCCCN(CCCC)C(=O)c1cccc([N+](=O)[O-])c1Br. The number of nitrogens with zero attached hydrogens (tertiary/aromatic N) is 2. The van der Waals surface area contributed by atoms with Crippen LogP contribution in [0.4, 0.5) is 5.69 Å². The highest BCUT2D eigenvalue weighted by Gasteiger charge is 2.22. The summed E-state index contributed by atoms with van der Waals surface area (Å²) >= 11 is 3.20. The molecule has 0 saturated carbocycles. The summed E-state index contributed by atoms with van der Waals surface area (Å²) in [6, 6.07) is 4.57. The van der Waals surface area contributed by atoms with Crippen molar-refractivity contribution in [3.8, 4) is 0 Å². The molecule has 0 aliphatic rings. The van der Waals surface area contributed by atoms with E-state index in [0.29, 0.717) is 18.7 Å². The van der Waals surface area contributed by atoms with Crippen LogP contribution in [0.25, 0.3) is 0 Å². The predicted molar refractivity (Wildman–Crippen MR) is 86.5 cm³/mol. The summed E-state index contributed by atoms with van der Waals surface area (Å²) in [7, 11) is 0. The molecule has 0 radical (unpaired) electrons. The molecule has 0 bridgehead atoms. The third-order valence-corrected chi connectivity index (χ3v) is 4.09. The maximum atomic E-state index is 12.6. The molecule has 0 aliphatic carbocycles. The summed E-state index contributed by atoms with van der Waals surface area (Å²) in [6.45, 7) is 5.52. The molecule has 6 heteroatoms. The summed E-state index contributed by atoms with van der Waals surface area (Å²) in [4.78, 5) is 24.9. The van der Waals surface area contributed by atoms with Gasteiger partial charge in [0.1, 0.15) is 4.47 Å². The van der Waals surface area contributed by atoms with Gasteiger partial charge in [0.2, 0.25) is 0 Å². The van der Waals surface area contributed by atoms with Crippen molar-refractivity contribution in [3.05, 3.63) is 38.3 Å². The third kappa shape index (κ3) is 4.81. The average molecular weight is 357 g/mol. The standard InChI is InChI=1S/C15H21BrN2O3/c1-3-5-10-17(11-6-4-2)15(19)12-8-7-9-13(14(12)16)18(20)21/h7-9H,3-6,10-11H2,1-2H3. The number of nitro groups is 1. The van der Waals surface area contributed by atoms with Crippen LogP contribution in [0.5, 0.6) is 0 Å². The Morgan fingerprint density at radius 2 is 1.81 bits per heavy atom. The van der Waals surface area contributed by atoms with Crippen molar-refractivity contribution >= 4 is 27.5 Å². The van der Waals surface area contributed by atoms with Gasteiger partial charge in [0.25, 0.3) is 11.6 Å². The lowest BCUT2D eigenvalue weighted by atomic mass is 10.1. The van der Waals surface area contributed by atoms with Crippen LogP contribution < -0.4 is 0 Å². The van der Waals surface area contributed by atoms with Crippen LogP contribution in [-0.2, 0) is 0 Å². The lowest BCUT2D eigenvalue weighted by Gasteiger charge is -2.23. The van der Waals surface area contributed by atoms with Gasteiger partial charge in [0.05, 0.1) is 10.5 Å². The summed E-state index contributed by atoms with van der Waals surface area (Å²) in [5.74, 6) is -0.146. The minimum atomic E-state index is -0.483. The smallest absolute Gasteiger partial charge is 0.284 e. The van der Waals surface area contributed by atoms with E-state index in [1.165, 1.54) is 6.07 Å². The van der Waals surface area contributed by atoms with Gasteiger partial charge >= 0.3 is 0 Å². The van der Waals surface area contributed by atoms with Crippen LogP contribution in [0.15, 0.2) is 22.7 Å². The lowest BCUT2D eigenvalue weighted by molar-refractivity contribution is -0.385. The predicted octanol–water partition coefficient (Wildman–Crippen LogP) is 4.40. The minimum absolute atomic E-state index is 0.0771. The first-order chi connectivity index (χ1) is 10.0. The van der Waals surface area contributed by atoms with Crippen molar-refractivity contribution in [3.63, 3.8) is 0 Å². The summed E-state index contributed by atoms with van der Waals surface area (Å²) in [6.07, 6.45) is 3.88. The molecule has 5 nitrogen and oxygen atoms in total. The van der Waals surface area contributed by atoms with E-state index in [-0.39, 0.29) is 16.1 Å². The van der Waals surface area contributed by atoms with Gasteiger partial charge in [0.15, 0.2) is 0 Å². The zero-order valence-corrected chi connectivity index (χ0v) is 14.1. The normalized spacial score (nSPS) is 10.4. The zero-order chi connectivity index (χ0) is 15.8. The molecule has 21 heavy (non-hydrogen) atoms. The van der Waals surface area contributed by atoms with Gasteiger partial charge < -0.3 is 4.90 Å². The van der Waals surface area contributed by atoms with Crippen molar-refractivity contribution in [1.29, 1.82) is 0 Å². The first-order valence-electron chi connectivity index (χ1n) is 7.25. The van der Waals surface area contributed by atoms with Crippen molar-refractivity contribution < 1.29 is 9.72 Å². The summed E-state index contributed by atoms with van der Waals surface area (Å²) in [5, 5.41) is 11.0. The van der Waals surface area contributed by atoms with Gasteiger partial charge in [0, 0.05) is 19.2 Å². The monoisotopic (exact) mass is 356 g/mol. The number of amides is 1. The van der Waals surface area contributed by atoms with Crippen LogP contribution in [0.1, 0.15) is 49.9 Å². The van der Waals surface area contributed by atoms with E-state index in [9.17, 15) is 14.9 Å². The Balaban J connectivity index is 3.02. The molecule has 0 heterocycles. The largest absolute Gasteiger partial charge is 0.339 e. The Morgan fingerprint density at radius 1 is 1.24 bits per heavy atom. The van der Waals surface area contributed by atoms with E-state index in [0.717, 1.165) is 25.7 Å². The number of rotatable bonds is 8. The number of unbranched alkanes of at least 4 members (excludes halogenated alkanes) is 2. The van der Waals surface area contributed by atoms with Crippen LogP contribution >= 0.6 is 15.9 Å². The fourth-order valence-electron chi connectivity index (χ4n) is 2.01. The molecular formula is C15H21BrN2O3. The van der Waals surface area contributed by atoms with E-state index in [1.807, 2.05) is 0 Å². The molecule has 0 unspecified atom stereocenters. The van der Waals surface area contributed by atoms with Gasteiger partial charge in [-0.15, -0.1) is 0 Å². The van der Waals surface area contributed by atoms with E-state index < -0.39 is 4.92 Å². The molecule has 1 amide bonds. The lowest BCUT2D eigenvalue weighted by Crippen LogP contribution is -2.33. The highest BCUT2D eigenvalue weighted by atomic mass is 79.9. The summed E-state index contributed by atoms with van der Waals surface area (Å²) < 4.78 is 0.262. The fourth-order valence-corrected chi connectivity index (χ4v) is 2.59. The Morgan fingerprint density at radius 3 is 2.29 bits per heavy atom. The van der Waals surface area contributed by atoms with Crippen molar-refractivity contribution in [2.45, 2.75) is 39.5 Å².